The summed E-state index contributed by atoms with van der Waals surface area (Å²) in [5.74, 6) is -0.564. The number of nitrogens with one attached hydrogen (secondary N) is 2. The number of nitrogens with zero attached hydrogens (tertiary/aromatic N) is 3. The number of benzene rings is 1. The molecule has 0 unspecified atom stereocenters. The number of imidazole rings is 1. The minimum absolute atomic E-state index is 0.148. The quantitative estimate of drug-likeness (QED) is 0.367. The van der Waals surface area contributed by atoms with Gasteiger partial charge in [0.05, 0.1) is 17.8 Å². The second-order valence-corrected chi connectivity index (χ2v) is 9.66. The van der Waals surface area contributed by atoms with Crippen molar-refractivity contribution in [3.8, 4) is 22.6 Å². The molecule has 7 rings (SSSR count). The van der Waals surface area contributed by atoms with E-state index >= 15 is 0 Å². The van der Waals surface area contributed by atoms with Gasteiger partial charge in [-0.3, -0.25) is 4.79 Å². The number of hydrogen-bond donors (Lipinski definition) is 3. The van der Waals surface area contributed by atoms with E-state index in [2.05, 4.69) is 15.3 Å². The minimum Gasteiger partial charge on any atom is -0.481 e. The van der Waals surface area contributed by atoms with Crippen LogP contribution in [0.4, 0.5) is 14.6 Å². The van der Waals surface area contributed by atoms with Gasteiger partial charge in [0.1, 0.15) is 23.1 Å². The van der Waals surface area contributed by atoms with Gasteiger partial charge in [-0.05, 0) is 67.9 Å². The summed E-state index contributed by atoms with van der Waals surface area (Å²) in [5.41, 5.74) is 2.67. The Morgan fingerprint density at radius 3 is 2.54 bits per heavy atom. The standard InChI is InChI=1S/C26H25F2N5O2/c1-33-22(15-6-8-16(27)9-7-15)24(31-21-14-4-2-13(3-5-14)20(21)26(34)35)32-25(33)19-12-30-23-18(19)10-17(28)11-29-23/h6-14,20-21,31H,2-5H2,1H3,(H,29,30)(H,34,35)/t13?,14?,20-,21-/m0/s1. The van der Waals surface area contributed by atoms with Crippen LogP contribution in [0.1, 0.15) is 25.7 Å². The molecule has 0 amide bonds. The van der Waals surface area contributed by atoms with Gasteiger partial charge in [0.2, 0.25) is 0 Å². The fourth-order valence-corrected chi connectivity index (χ4v) is 6.11. The van der Waals surface area contributed by atoms with Gasteiger partial charge in [-0.1, -0.05) is 0 Å². The third kappa shape index (κ3) is 3.57. The summed E-state index contributed by atoms with van der Waals surface area (Å²) in [6.45, 7) is 0. The van der Waals surface area contributed by atoms with Crippen LogP contribution in [0, 0.1) is 29.4 Å². The fraction of sp³-hybridized carbons (Fsp3) is 0.346. The van der Waals surface area contributed by atoms with Crippen LogP contribution < -0.4 is 5.32 Å². The van der Waals surface area contributed by atoms with E-state index in [0.717, 1.165) is 37.4 Å². The van der Waals surface area contributed by atoms with E-state index in [1.165, 1.54) is 18.2 Å². The molecule has 0 radical (unpaired) electrons. The summed E-state index contributed by atoms with van der Waals surface area (Å²) in [7, 11) is 1.85. The van der Waals surface area contributed by atoms with Gasteiger partial charge in [0.15, 0.2) is 5.82 Å². The van der Waals surface area contributed by atoms with E-state index in [0.29, 0.717) is 33.9 Å². The van der Waals surface area contributed by atoms with Gasteiger partial charge in [-0.2, -0.15) is 0 Å². The van der Waals surface area contributed by atoms with E-state index in [9.17, 15) is 18.7 Å². The summed E-state index contributed by atoms with van der Waals surface area (Å²) in [6.07, 6.45) is 6.75. The third-order valence-electron chi connectivity index (χ3n) is 7.76. The molecule has 180 valence electrons. The van der Waals surface area contributed by atoms with Gasteiger partial charge in [0, 0.05) is 35.8 Å². The Kier molecular flexibility index (Phi) is 5.09. The highest BCUT2D eigenvalue weighted by molar-refractivity contribution is 5.93. The van der Waals surface area contributed by atoms with Crippen molar-refractivity contribution >= 4 is 22.8 Å². The van der Waals surface area contributed by atoms with Crippen LogP contribution >= 0.6 is 0 Å². The van der Waals surface area contributed by atoms with Crippen LogP contribution in [0.15, 0.2) is 42.7 Å². The topological polar surface area (TPSA) is 95.8 Å². The highest BCUT2D eigenvalue weighted by Gasteiger charge is 2.47. The Hall–Kier alpha value is -3.75. The van der Waals surface area contributed by atoms with Crippen LogP contribution in [0.25, 0.3) is 33.7 Å². The minimum atomic E-state index is -0.783. The first kappa shape index (κ1) is 21.8. The zero-order valence-electron chi connectivity index (χ0n) is 19.1. The number of fused-ring (bicyclic) bond motifs is 4. The zero-order chi connectivity index (χ0) is 24.3. The molecule has 3 aromatic heterocycles. The summed E-state index contributed by atoms with van der Waals surface area (Å²) >= 11 is 0. The summed E-state index contributed by atoms with van der Waals surface area (Å²) in [4.78, 5) is 24.3. The van der Waals surface area contributed by atoms with E-state index in [1.807, 2.05) is 11.6 Å². The largest absolute Gasteiger partial charge is 0.481 e. The maximum atomic E-state index is 14.0. The Labute approximate surface area is 200 Å². The molecule has 7 nitrogen and oxygen atoms in total. The number of rotatable bonds is 5. The van der Waals surface area contributed by atoms with Crippen molar-refractivity contribution in [2.45, 2.75) is 31.7 Å². The molecule has 4 aromatic rings. The van der Waals surface area contributed by atoms with Crippen molar-refractivity contribution < 1.29 is 18.7 Å². The molecular formula is C26H25F2N5O2. The summed E-state index contributed by atoms with van der Waals surface area (Å²) in [6, 6.07) is 7.30. The van der Waals surface area contributed by atoms with Gasteiger partial charge in [-0.25, -0.2) is 18.7 Å². The van der Waals surface area contributed by atoms with E-state index in [4.69, 9.17) is 4.98 Å². The Morgan fingerprint density at radius 1 is 1.11 bits per heavy atom. The predicted octanol–water partition coefficient (Wildman–Crippen LogP) is 5.21. The number of carbonyl (C=O) groups is 1. The first-order valence-electron chi connectivity index (χ1n) is 11.9. The van der Waals surface area contributed by atoms with Crippen LogP contribution in [0.5, 0.6) is 0 Å². The fourth-order valence-electron chi connectivity index (χ4n) is 6.11. The number of aromatic amines is 1. The monoisotopic (exact) mass is 477 g/mol. The maximum Gasteiger partial charge on any atom is 0.308 e. The predicted molar refractivity (Wildman–Crippen MR) is 128 cm³/mol. The van der Waals surface area contributed by atoms with Crippen LogP contribution in [0.3, 0.4) is 0 Å². The van der Waals surface area contributed by atoms with Crippen molar-refractivity contribution in [1.29, 1.82) is 0 Å². The van der Waals surface area contributed by atoms with Crippen LogP contribution in [0.2, 0.25) is 0 Å². The molecule has 3 fully saturated rings. The number of aliphatic carboxylic acids is 1. The highest BCUT2D eigenvalue weighted by atomic mass is 19.1. The number of hydrogen-bond acceptors (Lipinski definition) is 4. The Morgan fingerprint density at radius 2 is 1.83 bits per heavy atom. The number of H-pyrrole nitrogens is 1. The third-order valence-corrected chi connectivity index (χ3v) is 7.76. The lowest BCUT2D eigenvalue weighted by atomic mass is 9.61. The number of carboxylic acid groups (broad SMARTS) is 1. The highest BCUT2D eigenvalue weighted by Crippen LogP contribution is 2.47. The van der Waals surface area contributed by atoms with E-state index in [1.54, 1.807) is 18.3 Å². The Balaban J connectivity index is 1.50. The zero-order valence-corrected chi connectivity index (χ0v) is 19.1. The van der Waals surface area contributed by atoms with Crippen molar-refractivity contribution in [3.63, 3.8) is 0 Å². The molecule has 3 aliphatic carbocycles. The number of aromatic nitrogens is 4. The van der Waals surface area contributed by atoms with Crippen molar-refractivity contribution in [2.24, 2.45) is 24.8 Å². The molecule has 3 saturated carbocycles. The molecule has 3 N–H and O–H groups in total. The molecule has 3 aliphatic rings. The van der Waals surface area contributed by atoms with Gasteiger partial charge in [-0.15, -0.1) is 0 Å². The molecule has 1 aromatic carbocycles. The van der Waals surface area contributed by atoms with Gasteiger partial charge >= 0.3 is 5.97 Å². The molecule has 35 heavy (non-hydrogen) atoms. The lowest BCUT2D eigenvalue weighted by Gasteiger charge is -2.47. The molecule has 0 spiro atoms. The molecule has 2 atom stereocenters. The Bertz CT molecular complexity index is 1420. The molecule has 0 saturated heterocycles. The van der Waals surface area contributed by atoms with Gasteiger partial charge < -0.3 is 20.0 Å². The van der Waals surface area contributed by atoms with E-state index in [-0.39, 0.29) is 23.7 Å². The number of halogens is 2. The maximum absolute atomic E-state index is 14.0. The first-order chi connectivity index (χ1) is 16.9. The first-order valence-corrected chi connectivity index (χ1v) is 11.9. The summed E-state index contributed by atoms with van der Waals surface area (Å²) < 4.78 is 29.6. The molecular weight excluding hydrogens is 452 g/mol. The van der Waals surface area contributed by atoms with Crippen molar-refractivity contribution in [3.05, 3.63) is 54.4 Å². The van der Waals surface area contributed by atoms with Crippen LogP contribution in [-0.2, 0) is 11.8 Å². The number of carboxylic acids is 1. The van der Waals surface area contributed by atoms with Gasteiger partial charge in [0.25, 0.3) is 0 Å². The van der Waals surface area contributed by atoms with Crippen LogP contribution in [-0.4, -0.2) is 36.6 Å². The average Bonchev–Trinajstić information content (AvgIpc) is 3.40. The molecule has 0 aliphatic heterocycles. The summed E-state index contributed by atoms with van der Waals surface area (Å²) in [5, 5.41) is 14.1. The number of pyridine rings is 1. The lowest BCUT2D eigenvalue weighted by Crippen LogP contribution is -2.51. The normalized spacial score (nSPS) is 23.6. The van der Waals surface area contributed by atoms with Crippen molar-refractivity contribution in [1.82, 2.24) is 19.5 Å². The molecule has 3 heterocycles. The van der Waals surface area contributed by atoms with Crippen molar-refractivity contribution in [2.75, 3.05) is 5.32 Å². The molecule has 9 heteroatoms. The van der Waals surface area contributed by atoms with E-state index < -0.39 is 17.7 Å². The SMILES string of the molecule is Cn1c(-c2c[nH]c3ncc(F)cc23)nc(N[C@H]2C3CCC(CC3)[C@@H]2C(=O)O)c1-c1ccc(F)cc1. The second-order valence-electron chi connectivity index (χ2n) is 9.66. The average molecular weight is 478 g/mol. The number of anilines is 1. The second kappa shape index (κ2) is 8.18. The lowest BCUT2D eigenvalue weighted by molar-refractivity contribution is -0.148. The molecule has 2 bridgehead atoms. The smallest absolute Gasteiger partial charge is 0.308 e.